The largest absolute Gasteiger partial charge is 0.457 e. The number of ether oxygens (including phenoxy) is 3. The molecule has 8 heteroatoms. The first kappa shape index (κ1) is 24.5. The molecule has 1 aromatic heterocycles. The Hall–Kier alpha value is -5.81. The van der Waals surface area contributed by atoms with Gasteiger partial charge in [-0.25, -0.2) is 9.59 Å². The summed E-state index contributed by atoms with van der Waals surface area (Å²) >= 11 is 0. The van der Waals surface area contributed by atoms with Gasteiger partial charge in [-0.05, 0) is 48.0 Å². The molecule has 1 atom stereocenters. The van der Waals surface area contributed by atoms with Gasteiger partial charge < -0.3 is 24.4 Å². The second-order valence-corrected chi connectivity index (χ2v) is 8.99. The average molecular weight is 529 g/mol. The topological polar surface area (TPSA) is 125 Å². The first-order valence-corrected chi connectivity index (χ1v) is 12.3. The molecule has 1 unspecified atom stereocenters. The Bertz CT molecular complexity index is 1900. The number of nitrogens with zero attached hydrogens (tertiary/aromatic N) is 1. The predicted molar refractivity (Wildman–Crippen MR) is 146 cm³/mol. The molecular formula is C32H20N2O6. The third-order valence-electron chi connectivity index (χ3n) is 6.43. The number of allylic oxidation sites excluding steroid dienone is 1. The van der Waals surface area contributed by atoms with Crippen LogP contribution in [0.2, 0.25) is 0 Å². The van der Waals surface area contributed by atoms with Gasteiger partial charge in [0.2, 0.25) is 5.88 Å². The summed E-state index contributed by atoms with van der Waals surface area (Å²) in [4.78, 5) is 25.3. The third kappa shape index (κ3) is 4.64. The lowest BCUT2D eigenvalue weighted by Crippen LogP contribution is -2.21. The van der Waals surface area contributed by atoms with E-state index in [2.05, 4.69) is 6.07 Å². The molecule has 6 rings (SSSR count). The van der Waals surface area contributed by atoms with Crippen LogP contribution in [0.15, 0.2) is 124 Å². The van der Waals surface area contributed by atoms with Gasteiger partial charge in [0.05, 0.1) is 5.92 Å². The van der Waals surface area contributed by atoms with Crippen molar-refractivity contribution in [2.24, 2.45) is 5.73 Å². The number of nitriles is 1. The van der Waals surface area contributed by atoms with E-state index in [1.54, 1.807) is 36.4 Å². The molecule has 0 saturated heterocycles. The summed E-state index contributed by atoms with van der Waals surface area (Å²) in [6.07, 6.45) is 0. The van der Waals surface area contributed by atoms with E-state index in [0.717, 1.165) is 5.56 Å². The highest BCUT2D eigenvalue weighted by atomic mass is 16.5. The monoisotopic (exact) mass is 528 g/mol. The number of benzene rings is 4. The van der Waals surface area contributed by atoms with Crippen molar-refractivity contribution in [2.45, 2.75) is 5.92 Å². The molecule has 0 bridgehead atoms. The van der Waals surface area contributed by atoms with Crippen LogP contribution >= 0.6 is 0 Å². The van der Waals surface area contributed by atoms with Crippen molar-refractivity contribution in [1.29, 1.82) is 5.26 Å². The van der Waals surface area contributed by atoms with Crippen molar-refractivity contribution in [3.63, 3.8) is 0 Å². The van der Waals surface area contributed by atoms with Gasteiger partial charge in [0.15, 0.2) is 0 Å². The van der Waals surface area contributed by atoms with Crippen molar-refractivity contribution in [2.75, 3.05) is 0 Å². The molecule has 40 heavy (non-hydrogen) atoms. The molecule has 2 heterocycles. The fourth-order valence-corrected chi connectivity index (χ4v) is 4.59. The normalized spacial score (nSPS) is 14.1. The Morgan fingerprint density at radius 2 is 1.62 bits per heavy atom. The first-order valence-electron chi connectivity index (χ1n) is 12.3. The van der Waals surface area contributed by atoms with Crippen molar-refractivity contribution in [1.82, 2.24) is 0 Å². The average Bonchev–Trinajstić information content (AvgIpc) is 2.96. The number of rotatable bonds is 5. The van der Waals surface area contributed by atoms with Crippen molar-refractivity contribution >= 4 is 16.9 Å². The summed E-state index contributed by atoms with van der Waals surface area (Å²) in [6.45, 7) is 0. The molecule has 0 fully saturated rings. The Morgan fingerprint density at radius 3 is 2.45 bits per heavy atom. The van der Waals surface area contributed by atoms with Gasteiger partial charge in [-0.15, -0.1) is 0 Å². The number of hydrogen-bond donors (Lipinski definition) is 1. The molecule has 194 valence electrons. The molecule has 0 amide bonds. The molecule has 0 radical (unpaired) electrons. The van der Waals surface area contributed by atoms with Gasteiger partial charge in [-0.2, -0.15) is 5.26 Å². The Labute approximate surface area is 228 Å². The molecule has 4 aromatic carbocycles. The van der Waals surface area contributed by atoms with Crippen LogP contribution in [0.3, 0.4) is 0 Å². The summed E-state index contributed by atoms with van der Waals surface area (Å²) in [5.41, 5.74) is 7.12. The number of hydrogen-bond acceptors (Lipinski definition) is 8. The maximum absolute atomic E-state index is 12.9. The molecule has 1 aliphatic heterocycles. The maximum atomic E-state index is 12.9. The van der Waals surface area contributed by atoms with Crippen LogP contribution in [0.25, 0.3) is 11.0 Å². The van der Waals surface area contributed by atoms with Crippen molar-refractivity contribution < 1.29 is 23.4 Å². The quantitative estimate of drug-likeness (QED) is 0.167. The fourth-order valence-electron chi connectivity index (χ4n) is 4.59. The van der Waals surface area contributed by atoms with Gasteiger partial charge >= 0.3 is 11.6 Å². The first-order chi connectivity index (χ1) is 19.5. The zero-order valence-electron chi connectivity index (χ0n) is 20.9. The van der Waals surface area contributed by atoms with Crippen LogP contribution in [-0.4, -0.2) is 5.97 Å². The predicted octanol–water partition coefficient (Wildman–Crippen LogP) is 6.02. The lowest BCUT2D eigenvalue weighted by atomic mass is 9.83. The van der Waals surface area contributed by atoms with E-state index in [9.17, 15) is 14.9 Å². The molecule has 0 spiro atoms. The molecule has 8 nitrogen and oxygen atoms in total. The lowest BCUT2D eigenvalue weighted by molar-refractivity contribution is 0.0730. The van der Waals surface area contributed by atoms with Gasteiger partial charge in [-0.3, -0.25) is 0 Å². The molecular weight excluding hydrogens is 508 g/mol. The van der Waals surface area contributed by atoms with Crippen LogP contribution in [0, 0.1) is 11.3 Å². The number of esters is 1. The zero-order chi connectivity index (χ0) is 27.6. The highest BCUT2D eigenvalue weighted by molar-refractivity contribution is 5.94. The van der Waals surface area contributed by atoms with E-state index in [1.807, 2.05) is 54.6 Å². The minimum atomic E-state index is -0.876. The number of fused-ring (bicyclic) bond motifs is 2. The Balaban J connectivity index is 1.32. The summed E-state index contributed by atoms with van der Waals surface area (Å²) in [5.74, 6) is 0.218. The van der Waals surface area contributed by atoms with Gasteiger partial charge in [0.1, 0.15) is 45.8 Å². The summed E-state index contributed by atoms with van der Waals surface area (Å²) in [6, 6.07) is 31.9. The van der Waals surface area contributed by atoms with Crippen LogP contribution in [-0.2, 0) is 0 Å². The van der Waals surface area contributed by atoms with Gasteiger partial charge in [0, 0.05) is 17.0 Å². The minimum absolute atomic E-state index is 0.0620. The number of carbonyl (C=O) groups excluding carboxylic acids is 1. The molecule has 0 aliphatic carbocycles. The minimum Gasteiger partial charge on any atom is -0.457 e. The Morgan fingerprint density at radius 1 is 0.850 bits per heavy atom. The molecule has 1 aliphatic rings. The number of para-hydroxylation sites is 2. The van der Waals surface area contributed by atoms with E-state index in [-0.39, 0.29) is 22.8 Å². The molecule has 2 N–H and O–H groups in total. The van der Waals surface area contributed by atoms with E-state index in [4.69, 9.17) is 24.4 Å². The van der Waals surface area contributed by atoms with Crippen LogP contribution in [0.4, 0.5) is 0 Å². The maximum Gasteiger partial charge on any atom is 0.351 e. The summed E-state index contributed by atoms with van der Waals surface area (Å²) in [5, 5.41) is 10.5. The SMILES string of the molecule is N#CC1=C(N)Oc2cc(OC(=O)c3cc4ccccc4oc3=O)ccc2C1c1cccc(Oc2ccccc2)c1. The van der Waals surface area contributed by atoms with Gasteiger partial charge in [-0.1, -0.05) is 54.6 Å². The second kappa shape index (κ2) is 10.2. The fraction of sp³-hybridized carbons (Fsp3) is 0.0312. The van der Waals surface area contributed by atoms with Crippen molar-refractivity contribution in [3.05, 3.63) is 142 Å². The van der Waals surface area contributed by atoms with Crippen molar-refractivity contribution in [3.8, 4) is 29.1 Å². The molecule has 0 saturated carbocycles. The number of carbonyl (C=O) groups is 1. The lowest BCUT2D eigenvalue weighted by Gasteiger charge is -2.27. The van der Waals surface area contributed by atoms with E-state index >= 15 is 0 Å². The summed E-state index contributed by atoms with van der Waals surface area (Å²) < 4.78 is 22.5. The van der Waals surface area contributed by atoms with Crippen LogP contribution < -0.4 is 25.6 Å². The van der Waals surface area contributed by atoms with Crippen LogP contribution in [0.5, 0.6) is 23.0 Å². The number of nitrogens with two attached hydrogens (primary N) is 1. The van der Waals surface area contributed by atoms with E-state index in [1.165, 1.54) is 12.1 Å². The van der Waals surface area contributed by atoms with Gasteiger partial charge in [0.25, 0.3) is 0 Å². The smallest absolute Gasteiger partial charge is 0.351 e. The highest BCUT2D eigenvalue weighted by Crippen LogP contribution is 2.44. The Kier molecular flexibility index (Phi) is 6.23. The van der Waals surface area contributed by atoms with E-state index in [0.29, 0.717) is 33.8 Å². The summed E-state index contributed by atoms with van der Waals surface area (Å²) in [7, 11) is 0. The standard InChI is InChI=1S/C32H20N2O6/c33-18-26-29(20-8-6-11-22(15-20)37-21-9-2-1-3-10-21)24-14-13-23(17-28(24)39-30(26)34)38-31(35)25-16-19-7-4-5-12-27(19)40-32(25)36/h1-17,29H,34H2. The third-order valence-corrected chi connectivity index (χ3v) is 6.43. The second-order valence-electron chi connectivity index (χ2n) is 8.99. The van der Waals surface area contributed by atoms with E-state index < -0.39 is 17.5 Å². The van der Waals surface area contributed by atoms with Crippen LogP contribution in [0.1, 0.15) is 27.4 Å². The highest BCUT2D eigenvalue weighted by Gasteiger charge is 2.31. The zero-order valence-corrected chi connectivity index (χ0v) is 20.9. The molecule has 5 aromatic rings.